The number of aromatic nitrogens is 4. The van der Waals surface area contributed by atoms with Gasteiger partial charge in [-0.2, -0.15) is 10.2 Å². The largest absolute Gasteiger partial charge is 0.396 e. The number of H-pyrrole nitrogens is 1. The molecule has 8 nitrogen and oxygen atoms in total. The van der Waals surface area contributed by atoms with E-state index >= 15 is 0 Å². The molecule has 2 aliphatic rings. The lowest BCUT2D eigenvalue weighted by molar-refractivity contribution is -0.104. The zero-order chi connectivity index (χ0) is 23.2. The molecule has 1 spiro atoms. The minimum Gasteiger partial charge on any atom is -0.396 e. The average molecular weight is 470 g/mol. The van der Waals surface area contributed by atoms with Gasteiger partial charge in [0.25, 0.3) is 11.1 Å². The molecule has 1 aromatic carbocycles. The number of aliphatic hydroxyl groups excluding tert-OH is 1. The summed E-state index contributed by atoms with van der Waals surface area (Å²) in [6, 6.07) is 5.31. The smallest absolute Gasteiger partial charge is 0.275 e. The van der Waals surface area contributed by atoms with Crippen LogP contribution in [0.25, 0.3) is 10.8 Å². The Bertz CT molecular complexity index is 1290. The first-order valence-corrected chi connectivity index (χ1v) is 11.8. The molecule has 2 aromatic heterocycles. The molecule has 1 saturated carbocycles. The Balaban J connectivity index is 1.20. The number of hydrogen-bond donors (Lipinski definition) is 2. The summed E-state index contributed by atoms with van der Waals surface area (Å²) in [4.78, 5) is 26.4. The fraction of sp³-hybridized carbons (Fsp3) is 0.500. The van der Waals surface area contributed by atoms with Crippen molar-refractivity contribution in [2.75, 3.05) is 26.2 Å². The highest BCUT2D eigenvalue weighted by atomic mass is 35.5. The lowest BCUT2D eigenvalue weighted by Gasteiger charge is -2.61. The second kappa shape index (κ2) is 8.66. The van der Waals surface area contributed by atoms with Crippen LogP contribution in [0, 0.1) is 11.3 Å². The second-order valence-corrected chi connectivity index (χ2v) is 10.1. The molecule has 5 rings (SSSR count). The van der Waals surface area contributed by atoms with Crippen LogP contribution in [0.4, 0.5) is 0 Å². The van der Waals surface area contributed by atoms with Gasteiger partial charge in [-0.1, -0.05) is 17.7 Å². The van der Waals surface area contributed by atoms with Crippen molar-refractivity contribution in [1.29, 1.82) is 0 Å². The van der Waals surface area contributed by atoms with Crippen LogP contribution in [0.2, 0.25) is 5.02 Å². The molecule has 9 heteroatoms. The molecule has 0 amide bonds. The van der Waals surface area contributed by atoms with Crippen LogP contribution in [0.5, 0.6) is 0 Å². The van der Waals surface area contributed by atoms with Crippen LogP contribution in [0.1, 0.15) is 36.3 Å². The summed E-state index contributed by atoms with van der Waals surface area (Å²) in [6.07, 6.45) is 7.42. The lowest BCUT2D eigenvalue weighted by atomic mass is 9.54. The number of aryl methyl sites for hydroxylation is 2. The highest BCUT2D eigenvalue weighted by Crippen LogP contribution is 2.56. The molecule has 2 N–H and O–H groups in total. The van der Waals surface area contributed by atoms with Gasteiger partial charge in [0.15, 0.2) is 0 Å². The first kappa shape index (κ1) is 22.3. The summed E-state index contributed by atoms with van der Waals surface area (Å²) in [6.45, 7) is 3.22. The maximum absolute atomic E-state index is 12.6. The monoisotopic (exact) mass is 469 g/mol. The number of rotatable bonds is 7. The van der Waals surface area contributed by atoms with E-state index in [9.17, 15) is 14.7 Å². The molecule has 3 aromatic rings. The number of likely N-dealkylation sites (tertiary alicyclic amines) is 1. The fourth-order valence-electron chi connectivity index (χ4n) is 5.86. The average Bonchev–Trinajstić information content (AvgIpc) is 2.74. The van der Waals surface area contributed by atoms with Gasteiger partial charge in [-0.3, -0.25) is 9.59 Å². The summed E-state index contributed by atoms with van der Waals surface area (Å²) in [5.74, 6) is 0.356. The quantitative estimate of drug-likeness (QED) is 0.549. The van der Waals surface area contributed by atoms with Gasteiger partial charge in [0, 0.05) is 37.5 Å². The van der Waals surface area contributed by atoms with E-state index in [0.29, 0.717) is 21.7 Å². The van der Waals surface area contributed by atoms with Gasteiger partial charge in [0.1, 0.15) is 0 Å². The van der Waals surface area contributed by atoms with Crippen LogP contribution < -0.4 is 11.1 Å². The summed E-state index contributed by atoms with van der Waals surface area (Å²) in [5, 5.41) is 22.3. The Morgan fingerprint density at radius 1 is 1.27 bits per heavy atom. The Morgan fingerprint density at radius 3 is 2.79 bits per heavy atom. The van der Waals surface area contributed by atoms with E-state index in [0.717, 1.165) is 61.8 Å². The van der Waals surface area contributed by atoms with Crippen LogP contribution in [-0.4, -0.2) is 56.2 Å². The van der Waals surface area contributed by atoms with Gasteiger partial charge in [0.05, 0.1) is 29.4 Å². The SMILES string of the molecule is Cn1ncc2c([C@H](CO)C3CC4(C3)CN(CCCc3cn[nH]c(=O)c3)C4)ccc(Cl)c2c1=O. The van der Waals surface area contributed by atoms with Gasteiger partial charge < -0.3 is 10.0 Å². The molecule has 1 atom stereocenters. The predicted octanol–water partition coefficient (Wildman–Crippen LogP) is 2.09. The zero-order valence-corrected chi connectivity index (χ0v) is 19.4. The minimum atomic E-state index is -0.216. The third-order valence-electron chi connectivity index (χ3n) is 7.43. The standard InChI is InChI=1S/C24H28ClN5O3/c1-29-23(33)22-18(11-27-29)17(4-5-20(22)25)19(12-31)16-8-24(9-16)13-30(14-24)6-2-3-15-7-21(32)28-26-10-15/h4-5,7,10-11,16,19,31H,2-3,6,8-9,12-14H2,1H3,(H,28,32)/t19-/m1/s1. The Labute approximate surface area is 196 Å². The number of hydrogen-bond acceptors (Lipinski definition) is 6. The lowest BCUT2D eigenvalue weighted by Crippen LogP contribution is -2.63. The second-order valence-electron chi connectivity index (χ2n) is 9.72. The molecule has 1 aliphatic heterocycles. The van der Waals surface area contributed by atoms with Crippen LogP contribution in [0.15, 0.2) is 40.2 Å². The summed E-state index contributed by atoms with van der Waals surface area (Å²) in [7, 11) is 1.61. The fourth-order valence-corrected chi connectivity index (χ4v) is 6.11. The molecular weight excluding hydrogens is 442 g/mol. The predicted molar refractivity (Wildman–Crippen MR) is 127 cm³/mol. The summed E-state index contributed by atoms with van der Waals surface area (Å²) >= 11 is 6.33. The van der Waals surface area contributed by atoms with Gasteiger partial charge in [-0.15, -0.1) is 0 Å². The summed E-state index contributed by atoms with van der Waals surface area (Å²) < 4.78 is 1.29. The number of nitrogens with zero attached hydrogens (tertiary/aromatic N) is 4. The third-order valence-corrected chi connectivity index (χ3v) is 7.75. The van der Waals surface area contributed by atoms with Gasteiger partial charge in [0.2, 0.25) is 0 Å². The van der Waals surface area contributed by atoms with Gasteiger partial charge in [-0.25, -0.2) is 9.78 Å². The number of nitrogens with one attached hydrogen (secondary N) is 1. The van der Waals surface area contributed by atoms with Crippen molar-refractivity contribution in [3.63, 3.8) is 0 Å². The van der Waals surface area contributed by atoms with Crippen molar-refractivity contribution in [3.05, 3.63) is 67.4 Å². The van der Waals surface area contributed by atoms with E-state index in [1.165, 1.54) is 4.68 Å². The van der Waals surface area contributed by atoms with E-state index in [4.69, 9.17) is 11.6 Å². The first-order chi connectivity index (χ1) is 15.9. The Morgan fingerprint density at radius 2 is 2.06 bits per heavy atom. The topological polar surface area (TPSA) is 104 Å². The van der Waals surface area contributed by atoms with E-state index in [1.807, 2.05) is 6.07 Å². The van der Waals surface area contributed by atoms with Crippen molar-refractivity contribution in [1.82, 2.24) is 24.9 Å². The number of aromatic amines is 1. The van der Waals surface area contributed by atoms with E-state index in [1.54, 1.807) is 31.6 Å². The maximum Gasteiger partial charge on any atom is 0.275 e. The minimum absolute atomic E-state index is 0.0259. The Kier molecular flexibility index (Phi) is 5.84. The third kappa shape index (κ3) is 4.11. The maximum atomic E-state index is 12.6. The molecular formula is C24H28ClN5O3. The number of fused-ring (bicyclic) bond motifs is 1. The first-order valence-electron chi connectivity index (χ1n) is 11.4. The van der Waals surface area contributed by atoms with Crippen LogP contribution in [-0.2, 0) is 13.5 Å². The molecule has 2 fully saturated rings. The normalized spacial score (nSPS) is 18.9. The molecule has 1 aliphatic carbocycles. The molecule has 33 heavy (non-hydrogen) atoms. The highest BCUT2D eigenvalue weighted by molar-refractivity contribution is 6.35. The number of halogens is 1. The van der Waals surface area contributed by atoms with Gasteiger partial charge in [-0.05, 0) is 60.8 Å². The molecule has 3 heterocycles. The number of benzene rings is 1. The summed E-state index contributed by atoms with van der Waals surface area (Å²) in [5.41, 5.74) is 1.92. The molecule has 0 radical (unpaired) electrons. The van der Waals surface area contributed by atoms with Gasteiger partial charge >= 0.3 is 0 Å². The van der Waals surface area contributed by atoms with Crippen molar-refractivity contribution >= 4 is 22.4 Å². The molecule has 0 unspecified atom stereocenters. The number of aliphatic hydroxyl groups is 1. The highest BCUT2D eigenvalue weighted by Gasteiger charge is 2.53. The van der Waals surface area contributed by atoms with Crippen LogP contribution in [0.3, 0.4) is 0 Å². The van der Waals surface area contributed by atoms with E-state index in [2.05, 4.69) is 20.2 Å². The van der Waals surface area contributed by atoms with E-state index < -0.39 is 0 Å². The Hall–Kier alpha value is -2.55. The molecule has 174 valence electrons. The van der Waals surface area contributed by atoms with Crippen LogP contribution >= 0.6 is 11.6 Å². The molecule has 0 bridgehead atoms. The van der Waals surface area contributed by atoms with Crippen molar-refractivity contribution in [2.24, 2.45) is 18.4 Å². The van der Waals surface area contributed by atoms with E-state index in [-0.39, 0.29) is 23.6 Å². The van der Waals surface area contributed by atoms with Crippen molar-refractivity contribution in [3.8, 4) is 0 Å². The zero-order valence-electron chi connectivity index (χ0n) is 18.6. The van der Waals surface area contributed by atoms with Crippen molar-refractivity contribution < 1.29 is 5.11 Å². The van der Waals surface area contributed by atoms with Crippen molar-refractivity contribution in [2.45, 2.75) is 31.6 Å². The molecule has 1 saturated heterocycles.